The van der Waals surface area contributed by atoms with Crippen molar-refractivity contribution in [1.29, 1.82) is 0 Å². The number of ether oxygens (including phenoxy) is 1. The SMILES string of the molecule is COc1ccc(CN2C(=C=O)c3cc(Br)cc(NC(=O)c4cc(F)cc(C(F)(F)F)c4)c3C2c2cc(F)ccc2Cl)cc1. The monoisotopic (exact) mass is 676 g/mol. The van der Waals surface area contributed by atoms with E-state index in [0.29, 0.717) is 33.5 Å². The lowest BCUT2D eigenvalue weighted by Crippen LogP contribution is -2.24. The summed E-state index contributed by atoms with van der Waals surface area (Å²) in [5.41, 5.74) is -0.163. The first kappa shape index (κ1) is 30.3. The maximum Gasteiger partial charge on any atom is 0.416 e. The standard InChI is InChI=1S/C31H19BrClF5N2O3/c1-43-22-5-2-16(3-6-22)14-40-27(15-41)24-11-19(32)12-26(28(24)29(40)23-13-20(34)4-7-25(23)33)39-30(42)17-8-18(31(36,37)38)10-21(35)9-17/h2-13,29H,14H2,1H3,(H,39,42). The van der Waals surface area contributed by atoms with E-state index in [0.717, 1.165) is 5.56 Å². The minimum atomic E-state index is -4.89. The van der Waals surface area contributed by atoms with Crippen LogP contribution in [0.1, 0.15) is 44.2 Å². The van der Waals surface area contributed by atoms with Crippen molar-refractivity contribution in [3.8, 4) is 5.75 Å². The van der Waals surface area contributed by atoms with E-state index in [1.807, 2.05) is 5.94 Å². The minimum absolute atomic E-state index is 0.0676. The molecule has 5 nitrogen and oxygen atoms in total. The fraction of sp³-hybridized carbons (Fsp3) is 0.129. The Morgan fingerprint density at radius 2 is 1.74 bits per heavy atom. The number of fused-ring (bicyclic) bond motifs is 1. The smallest absolute Gasteiger partial charge is 0.416 e. The molecule has 1 aliphatic heterocycles. The van der Waals surface area contributed by atoms with Crippen molar-refractivity contribution in [3.63, 3.8) is 0 Å². The molecule has 0 saturated carbocycles. The Morgan fingerprint density at radius 3 is 2.40 bits per heavy atom. The van der Waals surface area contributed by atoms with Crippen LogP contribution in [-0.2, 0) is 17.5 Å². The summed E-state index contributed by atoms with van der Waals surface area (Å²) in [5, 5.41) is 2.71. The van der Waals surface area contributed by atoms with Gasteiger partial charge in [0.1, 0.15) is 23.1 Å². The molecular formula is C31H19BrClF5N2O3. The van der Waals surface area contributed by atoms with E-state index in [4.69, 9.17) is 16.3 Å². The third-order valence-electron chi connectivity index (χ3n) is 6.87. The van der Waals surface area contributed by atoms with Gasteiger partial charge < -0.3 is 15.0 Å². The second kappa shape index (κ2) is 11.8. The molecule has 0 bridgehead atoms. The summed E-state index contributed by atoms with van der Waals surface area (Å²) in [5.74, 6) is -0.364. The molecule has 1 N–H and O–H groups in total. The molecule has 5 rings (SSSR count). The molecule has 0 aromatic heterocycles. The molecule has 1 atom stereocenters. The van der Waals surface area contributed by atoms with Gasteiger partial charge in [-0.3, -0.25) is 4.79 Å². The van der Waals surface area contributed by atoms with Crippen molar-refractivity contribution in [2.24, 2.45) is 0 Å². The van der Waals surface area contributed by atoms with Gasteiger partial charge in [0, 0.05) is 44.0 Å². The summed E-state index contributed by atoms with van der Waals surface area (Å²) in [6.45, 7) is 0.116. The van der Waals surface area contributed by atoms with Crippen LogP contribution in [0, 0.1) is 11.6 Å². The molecule has 12 heteroatoms. The number of methoxy groups -OCH3 is 1. The van der Waals surface area contributed by atoms with Gasteiger partial charge in [-0.25, -0.2) is 13.6 Å². The molecule has 0 aliphatic carbocycles. The summed E-state index contributed by atoms with van der Waals surface area (Å²) in [6, 6.07) is 14.3. The molecule has 4 aromatic carbocycles. The Morgan fingerprint density at radius 1 is 1.02 bits per heavy atom. The Bertz CT molecular complexity index is 1790. The largest absolute Gasteiger partial charge is 0.497 e. The van der Waals surface area contributed by atoms with Gasteiger partial charge in [-0.1, -0.05) is 39.7 Å². The van der Waals surface area contributed by atoms with Crippen LogP contribution in [0.2, 0.25) is 5.02 Å². The highest BCUT2D eigenvalue weighted by Crippen LogP contribution is 2.50. The number of halogens is 7. The van der Waals surface area contributed by atoms with Gasteiger partial charge in [-0.15, -0.1) is 0 Å². The van der Waals surface area contributed by atoms with Crippen LogP contribution in [-0.4, -0.2) is 23.9 Å². The molecule has 220 valence electrons. The number of rotatable bonds is 6. The normalized spacial score (nSPS) is 14.4. The van der Waals surface area contributed by atoms with Crippen LogP contribution < -0.4 is 10.1 Å². The van der Waals surface area contributed by atoms with Crippen molar-refractivity contribution in [1.82, 2.24) is 4.90 Å². The molecule has 0 spiro atoms. The zero-order valence-corrected chi connectivity index (χ0v) is 24.4. The molecule has 1 unspecified atom stereocenters. The number of carbonyl (C=O) groups excluding carboxylic acids is 2. The van der Waals surface area contributed by atoms with Crippen molar-refractivity contribution >= 4 is 50.8 Å². The van der Waals surface area contributed by atoms with E-state index in [1.165, 1.54) is 31.4 Å². The van der Waals surface area contributed by atoms with Crippen LogP contribution in [0.4, 0.5) is 27.6 Å². The van der Waals surface area contributed by atoms with Gasteiger partial charge in [0.25, 0.3) is 5.91 Å². The van der Waals surface area contributed by atoms with Crippen molar-refractivity contribution in [2.45, 2.75) is 18.8 Å². The Balaban J connectivity index is 1.66. The number of nitrogens with one attached hydrogen (secondary N) is 1. The summed E-state index contributed by atoms with van der Waals surface area (Å²) in [7, 11) is 1.52. The molecule has 1 amide bonds. The maximum absolute atomic E-state index is 14.6. The number of hydrogen-bond donors (Lipinski definition) is 1. The number of alkyl halides is 3. The average Bonchev–Trinajstić information content (AvgIpc) is 3.26. The number of nitrogens with zero attached hydrogens (tertiary/aromatic N) is 1. The predicted octanol–water partition coefficient (Wildman–Crippen LogP) is 8.44. The van der Waals surface area contributed by atoms with Crippen LogP contribution in [0.15, 0.2) is 77.3 Å². The third kappa shape index (κ3) is 6.15. The zero-order valence-electron chi connectivity index (χ0n) is 22.0. The number of carbonyl (C=O) groups is 1. The van der Waals surface area contributed by atoms with Crippen molar-refractivity contribution in [2.75, 3.05) is 12.4 Å². The van der Waals surface area contributed by atoms with Gasteiger partial charge in [0.05, 0.1) is 18.7 Å². The highest BCUT2D eigenvalue weighted by Gasteiger charge is 2.40. The fourth-order valence-electron chi connectivity index (χ4n) is 4.99. The van der Waals surface area contributed by atoms with E-state index >= 15 is 0 Å². The fourth-order valence-corrected chi connectivity index (χ4v) is 5.67. The lowest BCUT2D eigenvalue weighted by molar-refractivity contribution is -0.137. The molecular weight excluding hydrogens is 659 g/mol. The highest BCUT2D eigenvalue weighted by atomic mass is 79.9. The number of amides is 1. The second-order valence-corrected chi connectivity index (χ2v) is 10.9. The highest BCUT2D eigenvalue weighted by molar-refractivity contribution is 9.10. The first-order valence-electron chi connectivity index (χ1n) is 12.5. The number of hydrogen-bond acceptors (Lipinski definition) is 4. The molecule has 0 saturated heterocycles. The summed E-state index contributed by atoms with van der Waals surface area (Å²) in [4.78, 5) is 27.3. The Labute approximate surface area is 255 Å². The van der Waals surface area contributed by atoms with Crippen LogP contribution in [0.3, 0.4) is 0 Å². The van der Waals surface area contributed by atoms with Gasteiger partial charge in [-0.05, 0) is 66.2 Å². The lowest BCUT2D eigenvalue weighted by atomic mass is 9.95. The first-order chi connectivity index (χ1) is 20.4. The van der Waals surface area contributed by atoms with E-state index < -0.39 is 40.9 Å². The Kier molecular flexibility index (Phi) is 8.34. The van der Waals surface area contributed by atoms with Gasteiger partial charge >= 0.3 is 6.18 Å². The number of anilines is 1. The van der Waals surface area contributed by atoms with Gasteiger partial charge in [0.2, 0.25) is 0 Å². The third-order valence-corrected chi connectivity index (χ3v) is 7.67. The molecule has 1 aliphatic rings. The van der Waals surface area contributed by atoms with Gasteiger partial charge in [-0.2, -0.15) is 13.2 Å². The van der Waals surface area contributed by atoms with Crippen molar-refractivity contribution < 1.29 is 36.3 Å². The van der Waals surface area contributed by atoms with Crippen LogP contribution in [0.25, 0.3) is 5.70 Å². The van der Waals surface area contributed by atoms with E-state index in [-0.39, 0.29) is 34.6 Å². The molecule has 43 heavy (non-hydrogen) atoms. The summed E-state index contributed by atoms with van der Waals surface area (Å²) >= 11 is 9.89. The van der Waals surface area contributed by atoms with Crippen LogP contribution >= 0.6 is 27.5 Å². The lowest BCUT2D eigenvalue weighted by Gasteiger charge is -2.29. The van der Waals surface area contributed by atoms with Gasteiger partial charge in [0.15, 0.2) is 5.94 Å². The molecule has 1 heterocycles. The first-order valence-corrected chi connectivity index (χ1v) is 13.7. The summed E-state index contributed by atoms with van der Waals surface area (Å²) < 4.78 is 74.3. The summed E-state index contributed by atoms with van der Waals surface area (Å²) in [6.07, 6.45) is -4.89. The van der Waals surface area contributed by atoms with E-state index in [1.54, 1.807) is 35.2 Å². The maximum atomic E-state index is 14.6. The van der Waals surface area contributed by atoms with Crippen molar-refractivity contribution in [3.05, 3.63) is 127 Å². The average molecular weight is 678 g/mol. The molecule has 0 radical (unpaired) electrons. The quantitative estimate of drug-likeness (QED) is 0.164. The zero-order chi connectivity index (χ0) is 31.1. The second-order valence-electron chi connectivity index (χ2n) is 9.59. The number of benzene rings is 4. The molecule has 0 fully saturated rings. The Hall–Kier alpha value is -4.18. The van der Waals surface area contributed by atoms with E-state index in [2.05, 4.69) is 21.2 Å². The predicted molar refractivity (Wildman–Crippen MR) is 154 cm³/mol. The molecule has 4 aromatic rings. The minimum Gasteiger partial charge on any atom is -0.497 e. The van der Waals surface area contributed by atoms with E-state index in [9.17, 15) is 31.5 Å². The topological polar surface area (TPSA) is 58.6 Å². The van der Waals surface area contributed by atoms with Crippen LogP contribution in [0.5, 0.6) is 5.75 Å².